The SMILES string of the molecule is O=C(NC1CCCSC1)c1ccc(Br)cc1S. The zero-order valence-electron chi connectivity index (χ0n) is 9.28. The van der Waals surface area contributed by atoms with Crippen LogP contribution in [0.4, 0.5) is 0 Å². The first-order valence-electron chi connectivity index (χ1n) is 5.54. The normalized spacial score (nSPS) is 20.0. The van der Waals surface area contributed by atoms with E-state index in [2.05, 4.69) is 33.9 Å². The largest absolute Gasteiger partial charge is 0.348 e. The monoisotopic (exact) mass is 331 g/mol. The van der Waals surface area contributed by atoms with Crippen LogP contribution in [0, 0.1) is 0 Å². The first-order chi connectivity index (χ1) is 8.16. The second-order valence-corrected chi connectivity index (χ2v) is 6.60. The van der Waals surface area contributed by atoms with Crippen LogP contribution in [-0.4, -0.2) is 23.5 Å². The van der Waals surface area contributed by atoms with Crippen molar-refractivity contribution in [2.45, 2.75) is 23.8 Å². The van der Waals surface area contributed by atoms with Crippen molar-refractivity contribution in [2.24, 2.45) is 0 Å². The van der Waals surface area contributed by atoms with Crippen LogP contribution >= 0.6 is 40.3 Å². The molecule has 1 aromatic carbocycles. The standard InChI is InChI=1S/C12H14BrNOS2/c13-8-3-4-10(11(16)6-8)12(15)14-9-2-1-5-17-7-9/h3-4,6,9,16H,1-2,5,7H2,(H,14,15). The fourth-order valence-corrected chi connectivity index (χ4v) is 3.74. The van der Waals surface area contributed by atoms with Gasteiger partial charge in [0.2, 0.25) is 0 Å². The Kier molecular flexibility index (Phi) is 4.82. The summed E-state index contributed by atoms with van der Waals surface area (Å²) in [5.41, 5.74) is 0.645. The molecule has 0 spiro atoms. The first kappa shape index (κ1) is 13.3. The Labute approximate surface area is 119 Å². The lowest BCUT2D eigenvalue weighted by atomic mass is 10.1. The number of carbonyl (C=O) groups is 1. The number of hydrogen-bond acceptors (Lipinski definition) is 3. The van der Waals surface area contributed by atoms with E-state index >= 15 is 0 Å². The van der Waals surface area contributed by atoms with Crippen molar-refractivity contribution in [3.63, 3.8) is 0 Å². The van der Waals surface area contributed by atoms with Gasteiger partial charge >= 0.3 is 0 Å². The zero-order valence-corrected chi connectivity index (χ0v) is 12.6. The second-order valence-electron chi connectivity index (χ2n) is 4.05. The van der Waals surface area contributed by atoms with Gasteiger partial charge in [0.15, 0.2) is 0 Å². The molecule has 0 bridgehead atoms. The fraction of sp³-hybridized carbons (Fsp3) is 0.417. The number of benzene rings is 1. The van der Waals surface area contributed by atoms with E-state index in [-0.39, 0.29) is 5.91 Å². The molecule has 0 radical (unpaired) electrons. The van der Waals surface area contributed by atoms with Crippen molar-refractivity contribution >= 4 is 46.2 Å². The average molecular weight is 332 g/mol. The van der Waals surface area contributed by atoms with E-state index in [9.17, 15) is 4.79 Å². The Morgan fingerprint density at radius 2 is 2.35 bits per heavy atom. The molecule has 17 heavy (non-hydrogen) atoms. The van der Waals surface area contributed by atoms with Gasteiger partial charge in [-0.1, -0.05) is 15.9 Å². The van der Waals surface area contributed by atoms with Crippen LogP contribution in [0.1, 0.15) is 23.2 Å². The predicted molar refractivity (Wildman–Crippen MR) is 79.2 cm³/mol. The maximum Gasteiger partial charge on any atom is 0.252 e. The summed E-state index contributed by atoms with van der Waals surface area (Å²) in [4.78, 5) is 12.8. The van der Waals surface area contributed by atoms with Gasteiger partial charge in [-0.05, 0) is 36.8 Å². The third-order valence-electron chi connectivity index (χ3n) is 2.70. The molecule has 2 rings (SSSR count). The van der Waals surface area contributed by atoms with Crippen LogP contribution in [0.2, 0.25) is 0 Å². The summed E-state index contributed by atoms with van der Waals surface area (Å²) >= 11 is 9.59. The summed E-state index contributed by atoms with van der Waals surface area (Å²) in [7, 11) is 0. The lowest BCUT2D eigenvalue weighted by Gasteiger charge is -2.22. The van der Waals surface area contributed by atoms with Crippen LogP contribution < -0.4 is 5.32 Å². The van der Waals surface area contributed by atoms with E-state index in [0.717, 1.165) is 16.6 Å². The molecule has 1 N–H and O–H groups in total. The van der Waals surface area contributed by atoms with Gasteiger partial charge in [0.25, 0.3) is 5.91 Å². The highest BCUT2D eigenvalue weighted by Gasteiger charge is 2.18. The highest BCUT2D eigenvalue weighted by molar-refractivity contribution is 9.10. The molecule has 1 saturated heterocycles. The maximum absolute atomic E-state index is 12.1. The smallest absolute Gasteiger partial charge is 0.252 e. The molecule has 1 unspecified atom stereocenters. The van der Waals surface area contributed by atoms with Crippen molar-refractivity contribution in [2.75, 3.05) is 11.5 Å². The van der Waals surface area contributed by atoms with Gasteiger partial charge in [-0.15, -0.1) is 12.6 Å². The van der Waals surface area contributed by atoms with Crippen LogP contribution in [0.5, 0.6) is 0 Å². The summed E-state index contributed by atoms with van der Waals surface area (Å²) in [5, 5.41) is 3.07. The van der Waals surface area contributed by atoms with E-state index < -0.39 is 0 Å². The molecule has 1 aliphatic rings. The number of rotatable bonds is 2. The van der Waals surface area contributed by atoms with E-state index in [1.165, 1.54) is 12.2 Å². The molecule has 92 valence electrons. The van der Waals surface area contributed by atoms with E-state index in [1.54, 1.807) is 6.07 Å². The number of thiol groups is 1. The molecule has 0 aliphatic carbocycles. The van der Waals surface area contributed by atoms with Gasteiger partial charge in [0, 0.05) is 21.2 Å². The maximum atomic E-state index is 12.1. The predicted octanol–water partition coefficient (Wildman–Crippen LogP) is 3.36. The number of carbonyl (C=O) groups excluding carboxylic acids is 1. The third kappa shape index (κ3) is 3.66. The lowest BCUT2D eigenvalue weighted by molar-refractivity contribution is 0.0935. The van der Waals surface area contributed by atoms with Crippen molar-refractivity contribution in [1.82, 2.24) is 5.32 Å². The highest BCUT2D eigenvalue weighted by Crippen LogP contribution is 2.21. The Hall–Kier alpha value is -0.130. The molecular formula is C12H14BrNOS2. The molecule has 1 aromatic rings. The molecule has 1 heterocycles. The van der Waals surface area contributed by atoms with Gasteiger partial charge < -0.3 is 5.32 Å². The van der Waals surface area contributed by atoms with Gasteiger partial charge in [-0.25, -0.2) is 0 Å². The van der Waals surface area contributed by atoms with E-state index in [0.29, 0.717) is 16.5 Å². The first-order valence-corrected chi connectivity index (χ1v) is 7.93. The van der Waals surface area contributed by atoms with Gasteiger partial charge in [-0.3, -0.25) is 4.79 Å². The minimum atomic E-state index is -0.0185. The van der Waals surface area contributed by atoms with Crippen molar-refractivity contribution in [1.29, 1.82) is 0 Å². The fourth-order valence-electron chi connectivity index (χ4n) is 1.81. The Bertz CT molecular complexity index is 419. The number of thioether (sulfide) groups is 1. The van der Waals surface area contributed by atoms with Crippen molar-refractivity contribution in [3.05, 3.63) is 28.2 Å². The van der Waals surface area contributed by atoms with Crippen molar-refractivity contribution in [3.8, 4) is 0 Å². The molecule has 2 nitrogen and oxygen atoms in total. The Morgan fingerprint density at radius 3 is 3.00 bits per heavy atom. The van der Waals surface area contributed by atoms with Gasteiger partial charge in [-0.2, -0.15) is 11.8 Å². The van der Waals surface area contributed by atoms with Crippen LogP contribution in [0.25, 0.3) is 0 Å². The molecule has 5 heteroatoms. The molecule has 1 atom stereocenters. The quantitative estimate of drug-likeness (QED) is 0.813. The lowest BCUT2D eigenvalue weighted by Crippen LogP contribution is -2.38. The summed E-state index contributed by atoms with van der Waals surface area (Å²) in [6.07, 6.45) is 2.26. The highest BCUT2D eigenvalue weighted by atomic mass is 79.9. The second kappa shape index (κ2) is 6.16. The van der Waals surface area contributed by atoms with Gasteiger partial charge in [0.05, 0.1) is 5.56 Å². The minimum absolute atomic E-state index is 0.0185. The topological polar surface area (TPSA) is 29.1 Å². The zero-order chi connectivity index (χ0) is 12.3. The molecule has 1 fully saturated rings. The number of amides is 1. The van der Waals surface area contributed by atoms with Crippen LogP contribution in [-0.2, 0) is 0 Å². The summed E-state index contributed by atoms with van der Waals surface area (Å²) in [5.74, 6) is 2.21. The summed E-state index contributed by atoms with van der Waals surface area (Å²) < 4.78 is 0.937. The number of halogens is 1. The molecule has 1 aliphatic heterocycles. The van der Waals surface area contributed by atoms with Crippen molar-refractivity contribution < 1.29 is 4.79 Å². The molecule has 0 aromatic heterocycles. The number of nitrogens with one attached hydrogen (secondary N) is 1. The van der Waals surface area contributed by atoms with E-state index in [4.69, 9.17) is 0 Å². The van der Waals surface area contributed by atoms with Crippen LogP contribution in [0.15, 0.2) is 27.6 Å². The Morgan fingerprint density at radius 1 is 1.53 bits per heavy atom. The average Bonchev–Trinajstić information content (AvgIpc) is 2.30. The minimum Gasteiger partial charge on any atom is -0.348 e. The molecular weight excluding hydrogens is 318 g/mol. The van der Waals surface area contributed by atoms with Crippen LogP contribution in [0.3, 0.4) is 0 Å². The third-order valence-corrected chi connectivity index (χ3v) is 4.78. The summed E-state index contributed by atoms with van der Waals surface area (Å²) in [6.45, 7) is 0. The Balaban J connectivity index is 2.03. The molecule has 0 saturated carbocycles. The van der Waals surface area contributed by atoms with E-state index in [1.807, 2.05) is 23.9 Å². The molecule has 1 amide bonds. The van der Waals surface area contributed by atoms with Gasteiger partial charge in [0.1, 0.15) is 0 Å². The number of hydrogen-bond donors (Lipinski definition) is 2. The summed E-state index contributed by atoms with van der Waals surface area (Å²) in [6, 6.07) is 5.81.